The molecule has 2 atom stereocenters. The summed E-state index contributed by atoms with van der Waals surface area (Å²) in [6.07, 6.45) is 6.09. The summed E-state index contributed by atoms with van der Waals surface area (Å²) in [5.41, 5.74) is 5.77. The zero-order valence-corrected chi connectivity index (χ0v) is 10.5. The summed E-state index contributed by atoms with van der Waals surface area (Å²) in [6.45, 7) is 0.641. The Balaban J connectivity index is 1.99. The monoisotopic (exact) mass is 231 g/mol. The molecule has 2 aliphatic carbocycles. The highest BCUT2D eigenvalue weighted by Crippen LogP contribution is 2.43. The molecule has 0 heterocycles. The number of hydrogen-bond acceptors (Lipinski definition) is 2. The number of aryl methyl sites for hydroxylation is 2. The van der Waals surface area contributed by atoms with Crippen molar-refractivity contribution in [2.75, 3.05) is 13.6 Å². The zero-order chi connectivity index (χ0) is 11.8. The maximum absolute atomic E-state index is 10.1. The molecule has 92 valence electrons. The van der Waals surface area contributed by atoms with E-state index < -0.39 is 0 Å². The molecule has 0 aliphatic heterocycles. The van der Waals surface area contributed by atoms with Crippen LogP contribution in [-0.2, 0) is 12.8 Å². The molecule has 2 nitrogen and oxygen atoms in total. The summed E-state index contributed by atoms with van der Waals surface area (Å²) in [6, 6.07) is 4.49. The topological polar surface area (TPSA) is 32.3 Å². The first-order valence-corrected chi connectivity index (χ1v) is 6.78. The first-order chi connectivity index (χ1) is 8.29. The Kier molecular flexibility index (Phi) is 2.93. The van der Waals surface area contributed by atoms with Gasteiger partial charge in [0, 0.05) is 6.54 Å². The summed E-state index contributed by atoms with van der Waals surface area (Å²) in [7, 11) is 1.89. The third-order valence-electron chi connectivity index (χ3n) is 4.33. The van der Waals surface area contributed by atoms with Crippen molar-refractivity contribution in [3.8, 4) is 0 Å². The lowest BCUT2D eigenvalue weighted by atomic mass is 9.83. The molecule has 0 saturated heterocycles. The Labute approximate surface area is 103 Å². The van der Waals surface area contributed by atoms with Crippen LogP contribution in [0, 0.1) is 0 Å². The normalized spacial score (nSPS) is 23.5. The standard InChI is InChI=1S/C15H21NO/c1-16-9-14(17)13-7-11-4-2-3-10-5-6-12(8-13)15(10)11/h7-8,10,14,16-17H,2-6,9H2,1H3. The summed E-state index contributed by atoms with van der Waals surface area (Å²) in [4.78, 5) is 0. The summed E-state index contributed by atoms with van der Waals surface area (Å²) in [5, 5.41) is 13.1. The molecule has 2 unspecified atom stereocenters. The van der Waals surface area contributed by atoms with Gasteiger partial charge in [0.25, 0.3) is 0 Å². The summed E-state index contributed by atoms with van der Waals surface area (Å²) in [5.74, 6) is 0.823. The summed E-state index contributed by atoms with van der Waals surface area (Å²) >= 11 is 0. The maximum atomic E-state index is 10.1. The quantitative estimate of drug-likeness (QED) is 0.836. The number of rotatable bonds is 3. The first kappa shape index (κ1) is 11.2. The second-order valence-electron chi connectivity index (χ2n) is 5.45. The third-order valence-corrected chi connectivity index (χ3v) is 4.33. The summed E-state index contributed by atoms with van der Waals surface area (Å²) < 4.78 is 0. The van der Waals surface area contributed by atoms with Crippen LogP contribution in [0.4, 0.5) is 0 Å². The van der Waals surface area contributed by atoms with Crippen molar-refractivity contribution >= 4 is 0 Å². The second-order valence-corrected chi connectivity index (χ2v) is 5.45. The Morgan fingerprint density at radius 3 is 2.82 bits per heavy atom. The molecular weight excluding hydrogens is 210 g/mol. The smallest absolute Gasteiger partial charge is 0.0914 e. The first-order valence-electron chi connectivity index (χ1n) is 6.78. The molecule has 0 amide bonds. The van der Waals surface area contributed by atoms with Gasteiger partial charge in [0.1, 0.15) is 0 Å². The molecule has 0 spiro atoms. The molecule has 0 aromatic heterocycles. The number of benzene rings is 1. The van der Waals surface area contributed by atoms with E-state index in [0.29, 0.717) is 6.54 Å². The molecule has 0 saturated carbocycles. The van der Waals surface area contributed by atoms with Gasteiger partial charge in [-0.25, -0.2) is 0 Å². The molecule has 1 aromatic rings. The van der Waals surface area contributed by atoms with E-state index in [0.717, 1.165) is 11.5 Å². The fourth-order valence-electron chi connectivity index (χ4n) is 3.55. The molecule has 0 radical (unpaired) electrons. The molecular formula is C15H21NO. The van der Waals surface area contributed by atoms with E-state index in [1.165, 1.54) is 43.2 Å². The van der Waals surface area contributed by atoms with E-state index in [2.05, 4.69) is 17.4 Å². The Morgan fingerprint density at radius 2 is 2.06 bits per heavy atom. The van der Waals surface area contributed by atoms with Gasteiger partial charge in [-0.2, -0.15) is 0 Å². The van der Waals surface area contributed by atoms with Gasteiger partial charge in [0.2, 0.25) is 0 Å². The van der Waals surface area contributed by atoms with Crippen LogP contribution < -0.4 is 5.32 Å². The molecule has 2 N–H and O–H groups in total. The predicted octanol–water partition coefficient (Wildman–Crippen LogP) is 2.31. The molecule has 1 aromatic carbocycles. The van der Waals surface area contributed by atoms with Crippen LogP contribution in [0.25, 0.3) is 0 Å². The molecule has 3 rings (SSSR count). The van der Waals surface area contributed by atoms with Gasteiger partial charge in [-0.05, 0) is 67.3 Å². The highest BCUT2D eigenvalue weighted by molar-refractivity contribution is 5.46. The van der Waals surface area contributed by atoms with Gasteiger partial charge in [0.05, 0.1) is 6.10 Å². The maximum Gasteiger partial charge on any atom is 0.0914 e. The number of aliphatic hydroxyl groups excluding tert-OH is 1. The number of likely N-dealkylation sites (N-methyl/N-ethyl adjacent to an activating group) is 1. The van der Waals surface area contributed by atoms with Crippen molar-refractivity contribution in [2.24, 2.45) is 0 Å². The van der Waals surface area contributed by atoms with Gasteiger partial charge in [-0.15, -0.1) is 0 Å². The lowest BCUT2D eigenvalue weighted by molar-refractivity contribution is 0.177. The van der Waals surface area contributed by atoms with Crippen LogP contribution in [0.2, 0.25) is 0 Å². The van der Waals surface area contributed by atoms with Gasteiger partial charge in [0.15, 0.2) is 0 Å². The zero-order valence-electron chi connectivity index (χ0n) is 10.5. The lowest BCUT2D eigenvalue weighted by Gasteiger charge is -2.23. The molecule has 2 heteroatoms. The Hall–Kier alpha value is -0.860. The van der Waals surface area contributed by atoms with Crippen molar-refractivity contribution in [3.05, 3.63) is 34.4 Å². The van der Waals surface area contributed by atoms with Crippen LogP contribution in [0.5, 0.6) is 0 Å². The minimum Gasteiger partial charge on any atom is -0.387 e. The largest absolute Gasteiger partial charge is 0.387 e. The van der Waals surface area contributed by atoms with Gasteiger partial charge in [-0.3, -0.25) is 0 Å². The number of aliphatic hydroxyl groups is 1. The van der Waals surface area contributed by atoms with E-state index in [1.807, 2.05) is 7.05 Å². The predicted molar refractivity (Wildman–Crippen MR) is 69.3 cm³/mol. The van der Waals surface area contributed by atoms with Crippen molar-refractivity contribution in [1.29, 1.82) is 0 Å². The second kappa shape index (κ2) is 4.43. The van der Waals surface area contributed by atoms with Crippen LogP contribution in [0.1, 0.15) is 53.5 Å². The van der Waals surface area contributed by atoms with Gasteiger partial charge < -0.3 is 10.4 Å². The Morgan fingerprint density at radius 1 is 1.29 bits per heavy atom. The van der Waals surface area contributed by atoms with Crippen LogP contribution in [-0.4, -0.2) is 18.7 Å². The van der Waals surface area contributed by atoms with E-state index >= 15 is 0 Å². The fourth-order valence-corrected chi connectivity index (χ4v) is 3.55. The van der Waals surface area contributed by atoms with Crippen molar-refractivity contribution < 1.29 is 5.11 Å². The van der Waals surface area contributed by atoms with E-state index in [-0.39, 0.29) is 6.10 Å². The van der Waals surface area contributed by atoms with Gasteiger partial charge >= 0.3 is 0 Å². The number of hydrogen-bond donors (Lipinski definition) is 2. The molecule has 0 fully saturated rings. The van der Waals surface area contributed by atoms with E-state index in [1.54, 1.807) is 5.56 Å². The van der Waals surface area contributed by atoms with Crippen molar-refractivity contribution in [1.82, 2.24) is 5.32 Å². The molecule has 0 bridgehead atoms. The lowest BCUT2D eigenvalue weighted by Crippen LogP contribution is -2.17. The van der Waals surface area contributed by atoms with Gasteiger partial charge in [-0.1, -0.05) is 12.1 Å². The van der Waals surface area contributed by atoms with Crippen LogP contribution in [0.3, 0.4) is 0 Å². The van der Waals surface area contributed by atoms with Crippen LogP contribution in [0.15, 0.2) is 12.1 Å². The minimum absolute atomic E-state index is 0.359. The average molecular weight is 231 g/mol. The Bertz CT molecular complexity index is 427. The average Bonchev–Trinajstić information content (AvgIpc) is 2.75. The molecule has 17 heavy (non-hydrogen) atoms. The highest BCUT2D eigenvalue weighted by atomic mass is 16.3. The van der Waals surface area contributed by atoms with E-state index in [9.17, 15) is 5.11 Å². The van der Waals surface area contributed by atoms with Crippen molar-refractivity contribution in [2.45, 2.75) is 44.1 Å². The number of nitrogens with one attached hydrogen (secondary N) is 1. The van der Waals surface area contributed by atoms with Crippen LogP contribution >= 0.6 is 0 Å². The minimum atomic E-state index is -0.359. The third kappa shape index (κ3) is 1.90. The fraction of sp³-hybridized carbons (Fsp3) is 0.600. The SMILES string of the molecule is CNCC(O)c1cc2c3c(c1)CCC3CCC2. The highest BCUT2D eigenvalue weighted by Gasteiger charge is 2.29. The van der Waals surface area contributed by atoms with E-state index in [4.69, 9.17) is 0 Å². The van der Waals surface area contributed by atoms with Crippen molar-refractivity contribution in [3.63, 3.8) is 0 Å². The molecule has 2 aliphatic rings.